The van der Waals surface area contributed by atoms with Crippen molar-refractivity contribution in [3.05, 3.63) is 47.2 Å². The van der Waals surface area contributed by atoms with Gasteiger partial charge in [0.15, 0.2) is 5.82 Å². The molecule has 0 bridgehead atoms. The molecule has 2 amide bonds. The van der Waals surface area contributed by atoms with Crippen LogP contribution in [0.2, 0.25) is 0 Å². The second-order valence-corrected chi connectivity index (χ2v) is 8.15. The van der Waals surface area contributed by atoms with Gasteiger partial charge in [-0.05, 0) is 32.8 Å². The van der Waals surface area contributed by atoms with Crippen LogP contribution < -0.4 is 10.6 Å². The van der Waals surface area contributed by atoms with Gasteiger partial charge in [-0.15, -0.1) is 11.8 Å². The van der Waals surface area contributed by atoms with Crippen LogP contribution in [0.1, 0.15) is 30.2 Å². The Morgan fingerprint density at radius 1 is 1.20 bits per heavy atom. The Hall–Kier alpha value is -2.81. The largest absolute Gasteiger partial charge is 0.463 e. The Balaban J connectivity index is 1.54. The normalized spacial score (nSPS) is 11.6. The first-order valence-corrected chi connectivity index (χ1v) is 10.7. The average molecular weight is 434 g/mol. The third kappa shape index (κ3) is 8.69. The van der Waals surface area contributed by atoms with Gasteiger partial charge in [0.25, 0.3) is 0 Å². The third-order valence-electron chi connectivity index (χ3n) is 4.15. The van der Waals surface area contributed by atoms with Crippen molar-refractivity contribution in [2.45, 2.75) is 38.9 Å². The van der Waals surface area contributed by atoms with E-state index in [4.69, 9.17) is 9.26 Å². The van der Waals surface area contributed by atoms with E-state index in [1.54, 1.807) is 19.9 Å². The van der Waals surface area contributed by atoms with Crippen LogP contribution in [0.4, 0.5) is 5.82 Å². The van der Waals surface area contributed by atoms with Crippen molar-refractivity contribution >= 4 is 35.4 Å². The van der Waals surface area contributed by atoms with Crippen molar-refractivity contribution in [1.29, 1.82) is 0 Å². The highest BCUT2D eigenvalue weighted by atomic mass is 32.2. The number of thioether (sulfide) groups is 1. The Morgan fingerprint density at radius 3 is 2.60 bits per heavy atom. The topological polar surface area (TPSA) is 111 Å². The SMILES string of the molecule is Cc1ccc(CCC(=O)NCCOC(=O)CSC(C)C(=O)Nc2cc(C)on2)cc1. The van der Waals surface area contributed by atoms with Crippen LogP contribution in [-0.4, -0.2) is 47.1 Å². The number of esters is 1. The molecule has 0 aliphatic carbocycles. The fraction of sp³-hybridized carbons (Fsp3) is 0.429. The number of benzene rings is 1. The molecule has 0 radical (unpaired) electrons. The molecule has 9 heteroatoms. The molecule has 30 heavy (non-hydrogen) atoms. The van der Waals surface area contributed by atoms with Gasteiger partial charge in [-0.2, -0.15) is 0 Å². The van der Waals surface area contributed by atoms with Gasteiger partial charge in [0, 0.05) is 12.5 Å². The van der Waals surface area contributed by atoms with Crippen molar-refractivity contribution in [3.63, 3.8) is 0 Å². The molecular formula is C21H27N3O5S. The molecule has 0 aliphatic heterocycles. The highest BCUT2D eigenvalue weighted by molar-refractivity contribution is 8.01. The molecule has 2 aromatic rings. The van der Waals surface area contributed by atoms with E-state index in [2.05, 4.69) is 15.8 Å². The fourth-order valence-corrected chi connectivity index (χ4v) is 3.10. The van der Waals surface area contributed by atoms with Crippen LogP contribution in [0.5, 0.6) is 0 Å². The number of amides is 2. The van der Waals surface area contributed by atoms with E-state index in [1.807, 2.05) is 31.2 Å². The van der Waals surface area contributed by atoms with Gasteiger partial charge in [-0.1, -0.05) is 35.0 Å². The summed E-state index contributed by atoms with van der Waals surface area (Å²) in [5.74, 6) is 0.164. The highest BCUT2D eigenvalue weighted by Crippen LogP contribution is 2.14. The molecule has 1 unspecified atom stereocenters. The fourth-order valence-electron chi connectivity index (χ4n) is 2.42. The minimum atomic E-state index is -0.462. The van der Waals surface area contributed by atoms with Crippen LogP contribution in [0.25, 0.3) is 0 Å². The number of aromatic nitrogens is 1. The predicted molar refractivity (Wildman–Crippen MR) is 115 cm³/mol. The maximum absolute atomic E-state index is 12.0. The van der Waals surface area contributed by atoms with Crippen LogP contribution in [0.15, 0.2) is 34.9 Å². The first kappa shape index (κ1) is 23.5. The van der Waals surface area contributed by atoms with E-state index in [0.717, 1.165) is 17.3 Å². The summed E-state index contributed by atoms with van der Waals surface area (Å²) in [5, 5.41) is 8.57. The van der Waals surface area contributed by atoms with Gasteiger partial charge in [-0.25, -0.2) is 0 Å². The average Bonchev–Trinajstić information content (AvgIpc) is 3.13. The molecule has 1 atom stereocenters. The van der Waals surface area contributed by atoms with Crippen molar-refractivity contribution in [1.82, 2.24) is 10.5 Å². The van der Waals surface area contributed by atoms with Crippen LogP contribution >= 0.6 is 11.8 Å². The lowest BCUT2D eigenvalue weighted by atomic mass is 10.1. The number of anilines is 1. The van der Waals surface area contributed by atoms with E-state index in [1.165, 1.54) is 5.56 Å². The van der Waals surface area contributed by atoms with Gasteiger partial charge < -0.3 is 19.9 Å². The summed E-state index contributed by atoms with van der Waals surface area (Å²) < 4.78 is 9.97. The number of rotatable bonds is 11. The van der Waals surface area contributed by atoms with Gasteiger partial charge >= 0.3 is 5.97 Å². The van der Waals surface area contributed by atoms with Crippen molar-refractivity contribution in [2.24, 2.45) is 0 Å². The second-order valence-electron chi connectivity index (χ2n) is 6.82. The molecule has 0 spiro atoms. The summed E-state index contributed by atoms with van der Waals surface area (Å²) in [4.78, 5) is 35.7. The van der Waals surface area contributed by atoms with Crippen LogP contribution in [-0.2, 0) is 25.5 Å². The summed E-state index contributed by atoms with van der Waals surface area (Å²) >= 11 is 1.16. The molecule has 2 rings (SSSR count). The maximum Gasteiger partial charge on any atom is 0.315 e. The smallest absolute Gasteiger partial charge is 0.315 e. The van der Waals surface area contributed by atoms with Crippen molar-refractivity contribution in [3.8, 4) is 0 Å². The monoisotopic (exact) mass is 433 g/mol. The van der Waals surface area contributed by atoms with Gasteiger partial charge in [0.1, 0.15) is 12.4 Å². The van der Waals surface area contributed by atoms with Gasteiger partial charge in [0.05, 0.1) is 17.5 Å². The minimum Gasteiger partial charge on any atom is -0.463 e. The number of nitrogens with one attached hydrogen (secondary N) is 2. The molecule has 8 nitrogen and oxygen atoms in total. The molecular weight excluding hydrogens is 406 g/mol. The molecule has 1 aromatic carbocycles. The summed E-state index contributed by atoms with van der Waals surface area (Å²) in [6, 6.07) is 9.67. The third-order valence-corrected chi connectivity index (χ3v) is 5.26. The molecule has 1 aromatic heterocycles. The lowest BCUT2D eigenvalue weighted by Gasteiger charge is -2.10. The number of carbonyl (C=O) groups excluding carboxylic acids is 3. The minimum absolute atomic E-state index is 0.0355. The first-order chi connectivity index (χ1) is 14.3. The number of aryl methyl sites for hydroxylation is 3. The number of nitrogens with zero attached hydrogens (tertiary/aromatic N) is 1. The number of ether oxygens (including phenoxy) is 1. The second kappa shape index (κ2) is 12.0. The Morgan fingerprint density at radius 2 is 1.93 bits per heavy atom. The van der Waals surface area contributed by atoms with Crippen LogP contribution in [0, 0.1) is 13.8 Å². The van der Waals surface area contributed by atoms with Gasteiger partial charge in [-0.3, -0.25) is 14.4 Å². The number of carbonyl (C=O) groups is 3. The highest BCUT2D eigenvalue weighted by Gasteiger charge is 2.17. The van der Waals surface area contributed by atoms with E-state index < -0.39 is 11.2 Å². The molecule has 2 N–H and O–H groups in total. The van der Waals surface area contributed by atoms with E-state index >= 15 is 0 Å². The molecule has 0 saturated heterocycles. The van der Waals surface area contributed by atoms with Crippen molar-refractivity contribution < 1.29 is 23.6 Å². The van der Waals surface area contributed by atoms with Crippen molar-refractivity contribution in [2.75, 3.05) is 24.2 Å². The standard InChI is InChI=1S/C21H27N3O5S/c1-14-4-6-17(7-5-14)8-9-19(25)22-10-11-28-20(26)13-30-16(3)21(27)23-18-12-15(2)29-24-18/h4-7,12,16H,8-11,13H2,1-3H3,(H,22,25)(H,23,24,27). The quantitative estimate of drug-likeness (QED) is 0.414. The molecule has 162 valence electrons. The maximum atomic E-state index is 12.0. The molecule has 0 fully saturated rings. The summed E-state index contributed by atoms with van der Waals surface area (Å²) in [6.45, 7) is 5.78. The molecule has 1 heterocycles. The zero-order valence-electron chi connectivity index (χ0n) is 17.4. The summed E-state index contributed by atoms with van der Waals surface area (Å²) in [5.41, 5.74) is 2.29. The van der Waals surface area contributed by atoms with Gasteiger partial charge in [0.2, 0.25) is 11.8 Å². The summed E-state index contributed by atoms with van der Waals surface area (Å²) in [6.07, 6.45) is 1.04. The number of hydrogen-bond donors (Lipinski definition) is 2. The lowest BCUT2D eigenvalue weighted by Crippen LogP contribution is -2.29. The lowest BCUT2D eigenvalue weighted by molar-refractivity contribution is -0.140. The van der Waals surface area contributed by atoms with Crippen LogP contribution in [0.3, 0.4) is 0 Å². The zero-order chi connectivity index (χ0) is 21.9. The van der Waals surface area contributed by atoms with E-state index in [-0.39, 0.29) is 30.7 Å². The summed E-state index contributed by atoms with van der Waals surface area (Å²) in [7, 11) is 0. The first-order valence-electron chi connectivity index (χ1n) is 9.67. The molecule has 0 saturated carbocycles. The molecule has 0 aliphatic rings. The Bertz CT molecular complexity index is 851. The van der Waals surface area contributed by atoms with E-state index in [9.17, 15) is 14.4 Å². The van der Waals surface area contributed by atoms with E-state index in [0.29, 0.717) is 24.4 Å². The zero-order valence-corrected chi connectivity index (χ0v) is 18.2. The Labute approximate surface area is 180 Å². The Kier molecular flexibility index (Phi) is 9.40. The predicted octanol–water partition coefficient (Wildman–Crippen LogP) is 2.64. The number of hydrogen-bond acceptors (Lipinski definition) is 7.